The molecule has 140 valence electrons. The van der Waals surface area contributed by atoms with E-state index in [0.717, 1.165) is 22.5 Å². The van der Waals surface area contributed by atoms with Crippen LogP contribution in [0.2, 0.25) is 0 Å². The van der Waals surface area contributed by atoms with Gasteiger partial charge >= 0.3 is 12.2 Å². The highest BCUT2D eigenvalue weighted by Gasteiger charge is 2.42. The van der Waals surface area contributed by atoms with Gasteiger partial charge in [0, 0.05) is 23.2 Å². The van der Waals surface area contributed by atoms with Crippen LogP contribution in [0.5, 0.6) is 0 Å². The molecule has 2 amide bonds. The average Bonchev–Trinajstić information content (AvgIpc) is 3.03. The van der Waals surface area contributed by atoms with Gasteiger partial charge in [0.05, 0.1) is 24.5 Å². The maximum atomic E-state index is 13.0. The molecule has 0 aliphatic carbocycles. The molecule has 0 unspecified atom stereocenters. The summed E-state index contributed by atoms with van der Waals surface area (Å²) in [5.41, 5.74) is -0.770. The predicted molar refractivity (Wildman–Crippen MR) is 93.4 cm³/mol. The van der Waals surface area contributed by atoms with Crippen molar-refractivity contribution in [1.82, 2.24) is 15.0 Å². The van der Waals surface area contributed by atoms with Gasteiger partial charge in [0.1, 0.15) is 11.7 Å². The number of aromatic nitrogens is 3. The van der Waals surface area contributed by atoms with Gasteiger partial charge in [-0.2, -0.15) is 18.4 Å². The highest BCUT2D eigenvalue weighted by Crippen LogP contribution is 2.33. The second-order valence-corrected chi connectivity index (χ2v) is 6.03. The lowest BCUT2D eigenvalue weighted by Crippen LogP contribution is -2.35. The number of rotatable bonds is 2. The van der Waals surface area contributed by atoms with Crippen molar-refractivity contribution in [2.75, 3.05) is 16.3 Å². The predicted octanol–water partition coefficient (Wildman–Crippen LogP) is 3.38. The molecule has 3 heterocycles. The van der Waals surface area contributed by atoms with E-state index >= 15 is 0 Å². The lowest BCUT2D eigenvalue weighted by atomic mass is 10.1. The summed E-state index contributed by atoms with van der Waals surface area (Å²) in [6, 6.07) is 8.28. The zero-order chi connectivity index (χ0) is 19.9. The Labute approximate surface area is 156 Å². The van der Waals surface area contributed by atoms with E-state index in [-0.39, 0.29) is 6.54 Å². The Morgan fingerprint density at radius 3 is 2.71 bits per heavy atom. The topological polar surface area (TPSA) is 86.0 Å². The summed E-state index contributed by atoms with van der Waals surface area (Å²) >= 11 is 0. The smallest absolute Gasteiger partial charge is 0.273 e. The summed E-state index contributed by atoms with van der Waals surface area (Å²) in [4.78, 5) is 26.5. The largest absolute Gasteiger partial charge is 0.433 e. The molecule has 0 bridgehead atoms. The fraction of sp³-hybridized carbons (Fsp3) is 0.167. The van der Waals surface area contributed by atoms with Crippen molar-refractivity contribution >= 4 is 28.4 Å². The molecule has 1 aliphatic rings. The summed E-state index contributed by atoms with van der Waals surface area (Å²) in [7, 11) is 0. The van der Waals surface area contributed by atoms with E-state index in [9.17, 15) is 23.2 Å². The van der Waals surface area contributed by atoms with E-state index in [4.69, 9.17) is 0 Å². The number of urea groups is 1. The molecular formula is C18H11F3N6O. The van der Waals surface area contributed by atoms with Crippen LogP contribution in [-0.4, -0.2) is 33.6 Å². The second-order valence-electron chi connectivity index (χ2n) is 6.03. The third-order valence-corrected chi connectivity index (χ3v) is 4.33. The van der Waals surface area contributed by atoms with Crippen LogP contribution in [0.4, 0.5) is 29.6 Å². The molecule has 1 aromatic carbocycles. The zero-order valence-electron chi connectivity index (χ0n) is 14.1. The summed E-state index contributed by atoms with van der Waals surface area (Å²) < 4.78 is 38.8. The number of hydrogen-bond acceptors (Lipinski definition) is 5. The number of benzene rings is 1. The van der Waals surface area contributed by atoms with Crippen LogP contribution in [0.15, 0.2) is 48.9 Å². The second kappa shape index (κ2) is 6.45. The highest BCUT2D eigenvalue weighted by molar-refractivity contribution is 6.11. The number of carbonyl (C=O) groups is 1. The first-order valence-electron chi connectivity index (χ1n) is 8.13. The lowest BCUT2D eigenvalue weighted by Gasteiger charge is -2.20. The van der Waals surface area contributed by atoms with Gasteiger partial charge in [0.2, 0.25) is 5.95 Å². The van der Waals surface area contributed by atoms with Crippen LogP contribution in [-0.2, 0) is 6.18 Å². The molecule has 3 aromatic rings. The van der Waals surface area contributed by atoms with Gasteiger partial charge in [-0.1, -0.05) is 24.3 Å². The minimum absolute atomic E-state index is 0.167. The molecule has 1 saturated heterocycles. The molecule has 10 heteroatoms. The Kier molecular flexibility index (Phi) is 4.07. The van der Waals surface area contributed by atoms with E-state index in [2.05, 4.69) is 15.0 Å². The normalized spacial score (nSPS) is 17.2. The maximum Gasteiger partial charge on any atom is 0.433 e. The van der Waals surface area contributed by atoms with Gasteiger partial charge in [-0.05, 0) is 6.07 Å². The summed E-state index contributed by atoms with van der Waals surface area (Å²) in [5.74, 6) is -0.407. The molecule has 0 saturated carbocycles. The number of hydrogen-bond donors (Lipinski definition) is 0. The van der Waals surface area contributed by atoms with Crippen LogP contribution < -0.4 is 9.80 Å². The number of alkyl halides is 3. The number of fused-ring (bicyclic) bond motifs is 1. The van der Waals surface area contributed by atoms with Crippen molar-refractivity contribution < 1.29 is 18.0 Å². The van der Waals surface area contributed by atoms with Gasteiger partial charge in [-0.3, -0.25) is 14.8 Å². The number of carbonyl (C=O) groups excluding carboxylic acids is 1. The summed E-state index contributed by atoms with van der Waals surface area (Å²) in [6.07, 6.45) is -0.675. The molecule has 28 heavy (non-hydrogen) atoms. The van der Waals surface area contributed by atoms with Crippen LogP contribution >= 0.6 is 0 Å². The van der Waals surface area contributed by atoms with E-state index in [1.807, 2.05) is 12.1 Å². The molecule has 1 fully saturated rings. The average molecular weight is 384 g/mol. The molecule has 0 N–H and O–H groups in total. The summed E-state index contributed by atoms with van der Waals surface area (Å²) in [6.45, 7) is -0.167. The molecule has 1 atom stereocenters. The molecule has 4 rings (SSSR count). The molecular weight excluding hydrogens is 373 g/mol. The van der Waals surface area contributed by atoms with Crippen LogP contribution in [0.25, 0.3) is 10.8 Å². The van der Waals surface area contributed by atoms with Crippen LogP contribution in [0, 0.1) is 11.3 Å². The van der Waals surface area contributed by atoms with Crippen molar-refractivity contribution in [1.29, 1.82) is 5.26 Å². The number of anilines is 2. The zero-order valence-corrected chi connectivity index (χ0v) is 14.1. The fourth-order valence-corrected chi connectivity index (χ4v) is 3.06. The molecule has 2 aromatic heterocycles. The Balaban J connectivity index is 1.78. The highest BCUT2D eigenvalue weighted by atomic mass is 19.4. The Morgan fingerprint density at radius 1 is 1.18 bits per heavy atom. The van der Waals surface area contributed by atoms with Gasteiger partial charge in [-0.25, -0.2) is 14.8 Å². The third-order valence-electron chi connectivity index (χ3n) is 4.33. The van der Waals surface area contributed by atoms with Gasteiger partial charge < -0.3 is 0 Å². The Bertz CT molecular complexity index is 1100. The molecule has 7 nitrogen and oxygen atoms in total. The van der Waals surface area contributed by atoms with Gasteiger partial charge in [0.15, 0.2) is 0 Å². The maximum absolute atomic E-state index is 13.0. The van der Waals surface area contributed by atoms with Crippen molar-refractivity contribution in [3.63, 3.8) is 0 Å². The first-order valence-corrected chi connectivity index (χ1v) is 8.13. The van der Waals surface area contributed by atoms with Crippen molar-refractivity contribution in [3.8, 4) is 6.07 Å². The van der Waals surface area contributed by atoms with Crippen LogP contribution in [0.3, 0.4) is 0 Å². The van der Waals surface area contributed by atoms with Crippen LogP contribution in [0.1, 0.15) is 5.69 Å². The fourth-order valence-electron chi connectivity index (χ4n) is 3.06. The number of halogens is 3. The van der Waals surface area contributed by atoms with E-state index in [1.54, 1.807) is 24.4 Å². The van der Waals surface area contributed by atoms with Crippen molar-refractivity contribution in [3.05, 3.63) is 54.6 Å². The standard InChI is InChI=1S/C18H11F3N6O/c19-18(20,21)15-5-6-24-16(25-15)26-10-12(7-22)27(17(26)28)14-9-23-8-11-3-1-2-4-13(11)14/h1-6,8-9,12H,10H2/t12-/m1/s1. The van der Waals surface area contributed by atoms with E-state index < -0.39 is 29.9 Å². The number of nitriles is 1. The van der Waals surface area contributed by atoms with Gasteiger partial charge in [0.25, 0.3) is 0 Å². The first kappa shape index (κ1) is 17.7. The van der Waals surface area contributed by atoms with E-state index in [0.29, 0.717) is 11.1 Å². The quantitative estimate of drug-likeness (QED) is 0.676. The minimum atomic E-state index is -4.67. The minimum Gasteiger partial charge on any atom is -0.273 e. The number of pyridine rings is 1. The number of amides is 2. The lowest BCUT2D eigenvalue weighted by molar-refractivity contribution is -0.141. The Hall–Kier alpha value is -3.74. The number of nitrogens with zero attached hydrogens (tertiary/aromatic N) is 6. The third kappa shape index (κ3) is 2.87. The first-order chi connectivity index (χ1) is 13.4. The molecule has 0 spiro atoms. The molecule has 0 radical (unpaired) electrons. The van der Waals surface area contributed by atoms with Gasteiger partial charge in [-0.15, -0.1) is 0 Å². The molecule has 1 aliphatic heterocycles. The monoisotopic (exact) mass is 384 g/mol. The SMILES string of the molecule is N#C[C@@H]1CN(c2nccc(C(F)(F)F)n2)C(=O)N1c1cncc2ccccc12. The van der Waals surface area contributed by atoms with Crippen molar-refractivity contribution in [2.24, 2.45) is 0 Å². The Morgan fingerprint density at radius 2 is 1.96 bits per heavy atom. The van der Waals surface area contributed by atoms with Crippen molar-refractivity contribution in [2.45, 2.75) is 12.2 Å². The summed E-state index contributed by atoms with van der Waals surface area (Å²) in [5, 5.41) is 11.0. The van der Waals surface area contributed by atoms with E-state index in [1.165, 1.54) is 11.1 Å².